The number of anilines is 1. The number of nitrogen functional groups attached to an aromatic ring is 1. The molecule has 0 atom stereocenters. The van der Waals surface area contributed by atoms with Gasteiger partial charge in [-0.25, -0.2) is 4.79 Å². The fourth-order valence-electron chi connectivity index (χ4n) is 1.05. The summed E-state index contributed by atoms with van der Waals surface area (Å²) in [7, 11) is 0. The predicted molar refractivity (Wildman–Crippen MR) is 62.1 cm³/mol. The Labute approximate surface area is 95.3 Å². The molecule has 0 saturated heterocycles. The lowest BCUT2D eigenvalue weighted by atomic mass is 10.2. The van der Waals surface area contributed by atoms with Gasteiger partial charge in [0, 0.05) is 0 Å². The molecule has 88 valence electrons. The molecule has 16 heavy (non-hydrogen) atoms. The lowest BCUT2D eigenvalue weighted by Crippen LogP contribution is -2.17. The zero-order valence-electron chi connectivity index (χ0n) is 9.60. The maximum absolute atomic E-state index is 11.2. The normalized spacial score (nSPS) is 10.2. The van der Waals surface area contributed by atoms with E-state index in [9.17, 15) is 4.79 Å². The second-order valence-corrected chi connectivity index (χ2v) is 3.90. The summed E-state index contributed by atoms with van der Waals surface area (Å²) in [5, 5.41) is 0. The Morgan fingerprint density at radius 2 is 2.06 bits per heavy atom. The fraction of sp³-hybridized carbons (Fsp3) is 0.417. The van der Waals surface area contributed by atoms with E-state index in [0.29, 0.717) is 24.0 Å². The first-order valence-electron chi connectivity index (χ1n) is 5.22. The van der Waals surface area contributed by atoms with E-state index >= 15 is 0 Å². The Balaban J connectivity index is 2.35. The van der Waals surface area contributed by atoms with Crippen molar-refractivity contribution in [1.82, 2.24) is 0 Å². The monoisotopic (exact) mass is 223 g/mol. The van der Waals surface area contributed by atoms with Gasteiger partial charge in [-0.2, -0.15) is 0 Å². The number of carbonyl (C=O) groups is 1. The van der Waals surface area contributed by atoms with E-state index in [-0.39, 0.29) is 12.6 Å². The van der Waals surface area contributed by atoms with E-state index in [4.69, 9.17) is 15.2 Å². The Kier molecular flexibility index (Phi) is 4.64. The van der Waals surface area contributed by atoms with Crippen LogP contribution in [0.2, 0.25) is 0 Å². The number of rotatable bonds is 5. The van der Waals surface area contributed by atoms with Gasteiger partial charge >= 0.3 is 5.97 Å². The molecule has 0 aliphatic heterocycles. The number of para-hydroxylation sites is 2. The van der Waals surface area contributed by atoms with Crippen LogP contribution in [-0.4, -0.2) is 19.2 Å². The van der Waals surface area contributed by atoms with Gasteiger partial charge in [-0.05, 0) is 18.1 Å². The number of carbonyl (C=O) groups excluding carboxylic acids is 1. The van der Waals surface area contributed by atoms with E-state index < -0.39 is 0 Å². The highest BCUT2D eigenvalue weighted by Gasteiger charge is 2.06. The molecule has 0 bridgehead atoms. The van der Waals surface area contributed by atoms with Crippen LogP contribution >= 0.6 is 0 Å². The van der Waals surface area contributed by atoms with Gasteiger partial charge in [-0.1, -0.05) is 26.0 Å². The van der Waals surface area contributed by atoms with E-state index in [1.165, 1.54) is 0 Å². The van der Waals surface area contributed by atoms with Gasteiger partial charge in [-0.3, -0.25) is 0 Å². The quantitative estimate of drug-likeness (QED) is 0.611. The second-order valence-electron chi connectivity index (χ2n) is 3.90. The molecule has 0 unspecified atom stereocenters. The average molecular weight is 223 g/mol. The minimum atomic E-state index is -0.378. The Bertz CT molecular complexity index is 350. The van der Waals surface area contributed by atoms with Crippen LogP contribution in [0.15, 0.2) is 24.3 Å². The molecule has 1 rings (SSSR count). The molecular weight excluding hydrogens is 206 g/mol. The Hall–Kier alpha value is -1.71. The molecule has 2 N–H and O–H groups in total. The van der Waals surface area contributed by atoms with Crippen LogP contribution in [0.3, 0.4) is 0 Å². The van der Waals surface area contributed by atoms with Gasteiger partial charge in [0.25, 0.3) is 0 Å². The van der Waals surface area contributed by atoms with Crippen molar-refractivity contribution in [3.63, 3.8) is 0 Å². The third kappa shape index (κ3) is 4.21. The molecule has 0 fully saturated rings. The molecule has 1 aromatic carbocycles. The van der Waals surface area contributed by atoms with Crippen LogP contribution in [0.1, 0.15) is 13.8 Å². The van der Waals surface area contributed by atoms with Crippen LogP contribution in [0, 0.1) is 5.92 Å². The third-order valence-electron chi connectivity index (χ3n) is 1.84. The summed E-state index contributed by atoms with van der Waals surface area (Å²) in [6, 6.07) is 7.03. The van der Waals surface area contributed by atoms with E-state index in [1.54, 1.807) is 24.3 Å². The number of nitrogens with two attached hydrogens (primary N) is 1. The van der Waals surface area contributed by atoms with Gasteiger partial charge in [0.05, 0.1) is 12.3 Å². The highest BCUT2D eigenvalue weighted by Crippen LogP contribution is 2.19. The maximum atomic E-state index is 11.2. The highest BCUT2D eigenvalue weighted by atomic mass is 16.6. The summed E-state index contributed by atoms with van der Waals surface area (Å²) in [6.45, 7) is 4.25. The largest absolute Gasteiger partial charge is 0.480 e. The first kappa shape index (κ1) is 12.4. The van der Waals surface area contributed by atoms with Crippen molar-refractivity contribution < 1.29 is 14.3 Å². The van der Waals surface area contributed by atoms with Crippen LogP contribution in [0.4, 0.5) is 5.69 Å². The second kappa shape index (κ2) is 6.00. The van der Waals surface area contributed by atoms with Gasteiger partial charge in [0.15, 0.2) is 6.61 Å². The van der Waals surface area contributed by atoms with E-state index in [1.807, 2.05) is 13.8 Å². The summed E-state index contributed by atoms with van der Waals surface area (Å²) in [4.78, 5) is 11.2. The van der Waals surface area contributed by atoms with Crippen molar-refractivity contribution in [3.05, 3.63) is 24.3 Å². The number of benzene rings is 1. The van der Waals surface area contributed by atoms with Gasteiger partial charge in [0.2, 0.25) is 0 Å². The average Bonchev–Trinajstić information content (AvgIpc) is 2.25. The molecule has 1 aromatic rings. The van der Waals surface area contributed by atoms with Crippen LogP contribution < -0.4 is 10.5 Å². The molecule has 0 aliphatic carbocycles. The zero-order valence-corrected chi connectivity index (χ0v) is 9.60. The molecule has 0 saturated carbocycles. The molecule has 0 amide bonds. The van der Waals surface area contributed by atoms with Crippen molar-refractivity contribution >= 4 is 11.7 Å². The highest BCUT2D eigenvalue weighted by molar-refractivity contribution is 5.71. The summed E-state index contributed by atoms with van der Waals surface area (Å²) in [5.41, 5.74) is 6.16. The van der Waals surface area contributed by atoms with Crippen molar-refractivity contribution in [3.8, 4) is 5.75 Å². The van der Waals surface area contributed by atoms with Crippen molar-refractivity contribution in [2.24, 2.45) is 5.92 Å². The topological polar surface area (TPSA) is 61.5 Å². The van der Waals surface area contributed by atoms with Crippen LogP contribution in [-0.2, 0) is 9.53 Å². The molecule has 0 aromatic heterocycles. The smallest absolute Gasteiger partial charge is 0.344 e. The summed E-state index contributed by atoms with van der Waals surface area (Å²) in [6.07, 6.45) is 0. The number of hydrogen-bond acceptors (Lipinski definition) is 4. The minimum absolute atomic E-state index is 0.110. The number of hydrogen-bond donors (Lipinski definition) is 1. The number of esters is 1. The summed E-state index contributed by atoms with van der Waals surface area (Å²) >= 11 is 0. The summed E-state index contributed by atoms with van der Waals surface area (Å²) in [5.74, 6) is 0.451. The molecule has 0 aliphatic rings. The lowest BCUT2D eigenvalue weighted by Gasteiger charge is -2.09. The van der Waals surface area contributed by atoms with Crippen molar-refractivity contribution in [2.75, 3.05) is 18.9 Å². The van der Waals surface area contributed by atoms with Gasteiger partial charge in [0.1, 0.15) is 5.75 Å². The van der Waals surface area contributed by atoms with Gasteiger partial charge in [-0.15, -0.1) is 0 Å². The molecule has 0 radical (unpaired) electrons. The first-order valence-corrected chi connectivity index (χ1v) is 5.22. The van der Waals surface area contributed by atoms with Crippen molar-refractivity contribution in [1.29, 1.82) is 0 Å². The lowest BCUT2D eigenvalue weighted by molar-refractivity contribution is -0.147. The molecular formula is C12H17NO3. The molecule has 4 nitrogen and oxygen atoms in total. The zero-order chi connectivity index (χ0) is 12.0. The SMILES string of the molecule is CC(C)COC(=O)COc1ccccc1N. The maximum Gasteiger partial charge on any atom is 0.344 e. The fourth-order valence-corrected chi connectivity index (χ4v) is 1.05. The molecule has 0 heterocycles. The summed E-state index contributed by atoms with van der Waals surface area (Å²) < 4.78 is 10.2. The third-order valence-corrected chi connectivity index (χ3v) is 1.84. The van der Waals surface area contributed by atoms with Crippen LogP contribution in [0.5, 0.6) is 5.75 Å². The number of ether oxygens (including phenoxy) is 2. The Morgan fingerprint density at radius 1 is 1.38 bits per heavy atom. The minimum Gasteiger partial charge on any atom is -0.480 e. The first-order chi connectivity index (χ1) is 7.59. The molecule has 4 heteroatoms. The molecule has 0 spiro atoms. The van der Waals surface area contributed by atoms with Crippen LogP contribution in [0.25, 0.3) is 0 Å². The van der Waals surface area contributed by atoms with Crippen molar-refractivity contribution in [2.45, 2.75) is 13.8 Å². The van der Waals surface area contributed by atoms with E-state index in [2.05, 4.69) is 0 Å². The Morgan fingerprint density at radius 3 is 2.69 bits per heavy atom. The van der Waals surface area contributed by atoms with Gasteiger partial charge < -0.3 is 15.2 Å². The predicted octanol–water partition coefficient (Wildman–Crippen LogP) is 1.85. The standard InChI is InChI=1S/C12H17NO3/c1-9(2)7-16-12(14)8-15-11-6-4-3-5-10(11)13/h3-6,9H,7-8,13H2,1-2H3. The van der Waals surface area contributed by atoms with E-state index in [0.717, 1.165) is 0 Å².